The monoisotopic (exact) mass is 870 g/mol. The Morgan fingerprint density at radius 2 is 1.51 bits per heavy atom. The Balaban J connectivity index is 0.000000205. The van der Waals surface area contributed by atoms with E-state index in [1.54, 1.807) is 12.3 Å². The number of nitrogens with zero attached hydrogens (tertiary/aromatic N) is 3. The van der Waals surface area contributed by atoms with E-state index < -0.39 is 8.07 Å². The number of benzene rings is 3. The van der Waals surface area contributed by atoms with Crippen molar-refractivity contribution < 1.29 is 28.9 Å². The zero-order chi connectivity index (χ0) is 35.8. The largest absolute Gasteiger partial charge is 0.486 e. The van der Waals surface area contributed by atoms with Gasteiger partial charge in [-0.05, 0) is 78.0 Å². The normalized spacial score (nSPS) is 11.6. The van der Waals surface area contributed by atoms with Gasteiger partial charge >= 0.3 is 0 Å². The first-order chi connectivity index (χ1) is 23.7. The Bertz CT molecular complexity index is 2300. The summed E-state index contributed by atoms with van der Waals surface area (Å²) in [6.45, 7) is 20.1. The third kappa shape index (κ3) is 8.44. The molecule has 4 nitrogen and oxygen atoms in total. The average molecular weight is 870 g/mol. The van der Waals surface area contributed by atoms with Crippen LogP contribution in [0.2, 0.25) is 19.6 Å². The Labute approximate surface area is 316 Å². The minimum Gasteiger partial charge on any atom is -0.486 e. The molecule has 0 aliphatic heterocycles. The van der Waals surface area contributed by atoms with Crippen molar-refractivity contribution in [2.45, 2.75) is 67.6 Å². The average Bonchev–Trinajstić information content (AvgIpc) is 3.44. The van der Waals surface area contributed by atoms with Crippen LogP contribution in [0.1, 0.15) is 43.0 Å². The molecule has 4 aromatic heterocycles. The van der Waals surface area contributed by atoms with E-state index in [9.17, 15) is 4.39 Å². The van der Waals surface area contributed by atoms with E-state index in [1.807, 2.05) is 63.2 Å². The van der Waals surface area contributed by atoms with Crippen LogP contribution in [0, 0.1) is 44.1 Å². The fourth-order valence-electron chi connectivity index (χ4n) is 6.73. The van der Waals surface area contributed by atoms with Gasteiger partial charge < -0.3 is 14.4 Å². The van der Waals surface area contributed by atoms with Crippen LogP contribution < -0.4 is 5.19 Å². The van der Waals surface area contributed by atoms with Crippen LogP contribution in [0.3, 0.4) is 0 Å². The Morgan fingerprint density at radius 1 is 0.784 bits per heavy atom. The quantitative estimate of drug-likeness (QED) is 0.128. The van der Waals surface area contributed by atoms with Gasteiger partial charge in [-0.2, -0.15) is 0 Å². The Kier molecular flexibility index (Phi) is 11.3. The first-order valence-electron chi connectivity index (χ1n) is 17.1. The van der Waals surface area contributed by atoms with Gasteiger partial charge in [0.05, 0.1) is 19.9 Å². The van der Waals surface area contributed by atoms with E-state index in [2.05, 4.69) is 93.0 Å². The van der Waals surface area contributed by atoms with Gasteiger partial charge in [-0.1, -0.05) is 86.8 Å². The molecular formula is C44H44FIrN3OSi-2. The maximum atomic E-state index is 14.8. The second kappa shape index (κ2) is 15.1. The molecule has 263 valence electrons. The number of halogens is 1. The summed E-state index contributed by atoms with van der Waals surface area (Å²) in [4.78, 5) is 13.4. The number of pyridine rings is 3. The summed E-state index contributed by atoms with van der Waals surface area (Å²) in [5.74, 6) is -0.345. The maximum absolute atomic E-state index is 14.8. The Hall–Kier alpha value is -4.29. The van der Waals surface area contributed by atoms with Gasteiger partial charge in [-0.25, -0.2) is 9.37 Å². The fraction of sp³-hybridized carbons (Fsp3) is 0.250. The number of fused-ring (bicyclic) bond motifs is 3. The van der Waals surface area contributed by atoms with E-state index in [0.717, 1.165) is 50.7 Å². The summed E-state index contributed by atoms with van der Waals surface area (Å²) in [6.07, 6.45) is 6.18. The van der Waals surface area contributed by atoms with Gasteiger partial charge in [0.25, 0.3) is 0 Å². The molecule has 1 radical (unpaired) electrons. The van der Waals surface area contributed by atoms with Crippen molar-refractivity contribution in [3.63, 3.8) is 0 Å². The summed E-state index contributed by atoms with van der Waals surface area (Å²) in [5, 5.41) is 3.36. The molecule has 7 aromatic rings. The molecule has 0 fully saturated rings. The molecule has 0 saturated carbocycles. The van der Waals surface area contributed by atoms with Crippen molar-refractivity contribution in [2.24, 2.45) is 5.41 Å². The molecule has 0 spiro atoms. The third-order valence-electron chi connectivity index (χ3n) is 8.77. The smallest absolute Gasteiger partial charge is 0.216 e. The van der Waals surface area contributed by atoms with Crippen LogP contribution in [0.15, 0.2) is 95.8 Å². The molecule has 7 heteroatoms. The summed E-state index contributed by atoms with van der Waals surface area (Å²) < 4.78 is 20.8. The molecule has 7 rings (SSSR count). The number of rotatable bonds is 5. The van der Waals surface area contributed by atoms with E-state index in [-0.39, 0.29) is 31.3 Å². The number of aromatic nitrogens is 3. The molecule has 0 saturated heterocycles. The van der Waals surface area contributed by atoms with Crippen LogP contribution in [0.4, 0.5) is 4.39 Å². The van der Waals surface area contributed by atoms with Crippen LogP contribution in [0.5, 0.6) is 0 Å². The van der Waals surface area contributed by atoms with Gasteiger partial charge in [0.1, 0.15) is 5.82 Å². The Morgan fingerprint density at radius 3 is 2.18 bits per heavy atom. The van der Waals surface area contributed by atoms with Crippen molar-refractivity contribution in [1.29, 1.82) is 0 Å². The molecule has 0 atom stereocenters. The van der Waals surface area contributed by atoms with Gasteiger partial charge in [-0.15, -0.1) is 54.1 Å². The molecule has 0 aliphatic rings. The van der Waals surface area contributed by atoms with E-state index in [1.165, 1.54) is 16.9 Å². The van der Waals surface area contributed by atoms with Crippen molar-refractivity contribution in [1.82, 2.24) is 15.0 Å². The van der Waals surface area contributed by atoms with Crippen LogP contribution in [-0.4, -0.2) is 23.0 Å². The predicted octanol–water partition coefficient (Wildman–Crippen LogP) is 11.3. The van der Waals surface area contributed by atoms with Crippen molar-refractivity contribution in [3.05, 3.63) is 132 Å². The van der Waals surface area contributed by atoms with E-state index in [0.29, 0.717) is 28.1 Å². The molecule has 0 unspecified atom stereocenters. The van der Waals surface area contributed by atoms with Gasteiger partial charge in [0.2, 0.25) is 5.71 Å². The molecule has 3 aromatic carbocycles. The summed E-state index contributed by atoms with van der Waals surface area (Å²) >= 11 is 0. The van der Waals surface area contributed by atoms with Crippen molar-refractivity contribution >= 4 is 35.3 Å². The van der Waals surface area contributed by atoms with E-state index in [4.69, 9.17) is 9.40 Å². The van der Waals surface area contributed by atoms with Crippen LogP contribution >= 0.6 is 0 Å². The first-order valence-corrected chi connectivity index (χ1v) is 20.6. The topological polar surface area (TPSA) is 51.8 Å². The van der Waals surface area contributed by atoms with Gasteiger partial charge in [0.15, 0.2) is 0 Å². The van der Waals surface area contributed by atoms with Crippen molar-refractivity contribution in [2.75, 3.05) is 0 Å². The number of aryl methyl sites for hydroxylation is 3. The number of hydrogen-bond donors (Lipinski definition) is 0. The van der Waals surface area contributed by atoms with Crippen LogP contribution in [0.25, 0.3) is 55.7 Å². The number of furan rings is 1. The molecule has 0 bridgehead atoms. The van der Waals surface area contributed by atoms with Gasteiger partial charge in [0, 0.05) is 43.4 Å². The fourth-order valence-corrected chi connectivity index (χ4v) is 8.30. The predicted molar refractivity (Wildman–Crippen MR) is 208 cm³/mol. The molecule has 0 amide bonds. The third-order valence-corrected chi connectivity index (χ3v) is 10.8. The summed E-state index contributed by atoms with van der Waals surface area (Å²) in [7, 11) is -1.37. The number of hydrogen-bond acceptors (Lipinski definition) is 4. The molecular weight excluding hydrogens is 826 g/mol. The zero-order valence-electron chi connectivity index (χ0n) is 30.8. The molecule has 0 N–H and O–H groups in total. The molecule has 0 aliphatic carbocycles. The van der Waals surface area contributed by atoms with Gasteiger partial charge in [-0.3, -0.25) is 0 Å². The zero-order valence-corrected chi connectivity index (χ0v) is 34.2. The standard InChI is InChI=1S/C25H18FN2O.C19H26NSi.Ir/c1-14-10-15(2)23(16(3)11-14)20-12-22(28-13-21(20)26)19-7-4-6-17-18-8-5-9-27-25(18)29-24(17)19;1-19(2,3)13-16-12-17(15-10-8-7-9-11-15)20-14-18(16)21(4,5)6;/h4-6,8-13H,1-3H3;7-10,12,14H,13H2,1-6H3;/q2*-1;. The second-order valence-electron chi connectivity index (χ2n) is 15.4. The molecule has 51 heavy (non-hydrogen) atoms. The minimum absolute atomic E-state index is 0. The van der Waals surface area contributed by atoms with E-state index >= 15 is 0 Å². The summed E-state index contributed by atoms with van der Waals surface area (Å²) in [5.41, 5.74) is 11.1. The first kappa shape index (κ1) is 37.9. The maximum Gasteiger partial charge on any atom is 0.216 e. The minimum atomic E-state index is -1.37. The molecule has 4 heterocycles. The van der Waals surface area contributed by atoms with Crippen molar-refractivity contribution in [3.8, 4) is 33.6 Å². The van der Waals surface area contributed by atoms with Crippen LogP contribution in [-0.2, 0) is 26.5 Å². The summed E-state index contributed by atoms with van der Waals surface area (Å²) in [6, 6.07) is 30.4. The SMILES string of the molecule is CC(C)(C)Cc1cc(-c2[c-]cccc2)ncc1[Si](C)(C)C.Cc1cc(C)c(-c2cc(-c3[c-]ccc4c3oc3ncccc34)ncc2F)c(C)c1.[Ir]. The second-order valence-corrected chi connectivity index (χ2v) is 20.4.